The van der Waals surface area contributed by atoms with Crippen molar-refractivity contribution in [1.82, 2.24) is 4.72 Å². The third kappa shape index (κ3) is 4.19. The molecule has 1 fully saturated rings. The number of hydrogen-bond acceptors (Lipinski definition) is 5. The molecule has 20 heavy (non-hydrogen) atoms. The lowest BCUT2D eigenvalue weighted by molar-refractivity contribution is 0.131. The Kier molecular flexibility index (Phi) is 4.58. The molecule has 0 aliphatic heterocycles. The van der Waals surface area contributed by atoms with Crippen LogP contribution in [0.5, 0.6) is 0 Å². The molecule has 0 heterocycles. The molecule has 0 atom stereocenters. The molecule has 110 valence electrons. The number of rotatable bonds is 6. The average Bonchev–Trinajstić information content (AvgIpc) is 3.20. The summed E-state index contributed by atoms with van der Waals surface area (Å²) in [4.78, 5) is 11.4. The molecule has 0 bridgehead atoms. The van der Waals surface area contributed by atoms with E-state index in [2.05, 4.69) is 14.8 Å². The molecule has 0 radical (unpaired) electrons. The molecule has 0 spiro atoms. The zero-order valence-electron chi connectivity index (χ0n) is 10.7. The van der Waals surface area contributed by atoms with Crippen LogP contribution in [-0.4, -0.2) is 38.9 Å². The van der Waals surface area contributed by atoms with Gasteiger partial charge < -0.3 is 9.84 Å². The summed E-state index contributed by atoms with van der Waals surface area (Å²) in [6.07, 6.45) is 0.957. The quantitative estimate of drug-likeness (QED) is 0.716. The fourth-order valence-electron chi connectivity index (χ4n) is 1.52. The van der Waals surface area contributed by atoms with Crippen LogP contribution in [-0.2, 0) is 14.8 Å². The van der Waals surface area contributed by atoms with Gasteiger partial charge in [-0.15, -0.1) is 0 Å². The number of amides is 1. The van der Waals surface area contributed by atoms with E-state index in [1.807, 2.05) is 0 Å². The zero-order valence-corrected chi connectivity index (χ0v) is 11.5. The Morgan fingerprint density at radius 2 is 2.15 bits per heavy atom. The van der Waals surface area contributed by atoms with Crippen LogP contribution in [0.2, 0.25) is 0 Å². The Morgan fingerprint density at radius 1 is 1.40 bits per heavy atom. The molecule has 8 heteroatoms. The van der Waals surface area contributed by atoms with Gasteiger partial charge in [0.15, 0.2) is 0 Å². The minimum absolute atomic E-state index is 0.0196. The van der Waals surface area contributed by atoms with Gasteiger partial charge in [0.2, 0.25) is 10.0 Å². The van der Waals surface area contributed by atoms with E-state index in [-0.39, 0.29) is 24.2 Å². The molecule has 0 unspecified atom stereocenters. The molecule has 1 amide bonds. The van der Waals surface area contributed by atoms with Crippen molar-refractivity contribution in [3.05, 3.63) is 24.3 Å². The van der Waals surface area contributed by atoms with Gasteiger partial charge in [-0.2, -0.15) is 0 Å². The highest BCUT2D eigenvalue weighted by molar-refractivity contribution is 7.89. The minimum Gasteiger partial charge on any atom is -0.447 e. The summed E-state index contributed by atoms with van der Waals surface area (Å²) in [5.41, 5.74) is 0.312. The Hall–Kier alpha value is -1.64. The summed E-state index contributed by atoms with van der Waals surface area (Å²) in [6.45, 7) is -0.389. The van der Waals surface area contributed by atoms with E-state index in [0.717, 1.165) is 12.8 Å². The Labute approximate surface area is 117 Å². The maximum atomic E-state index is 12.0. The summed E-state index contributed by atoms with van der Waals surface area (Å²) in [5, 5.41) is 10.9. The van der Waals surface area contributed by atoms with Crippen LogP contribution >= 0.6 is 0 Å². The number of nitrogens with one attached hydrogen (secondary N) is 2. The van der Waals surface area contributed by atoms with Crippen molar-refractivity contribution < 1.29 is 23.1 Å². The van der Waals surface area contributed by atoms with Crippen molar-refractivity contribution in [2.24, 2.45) is 0 Å². The first kappa shape index (κ1) is 14.8. The lowest BCUT2D eigenvalue weighted by Crippen LogP contribution is -2.25. The first-order valence-corrected chi connectivity index (χ1v) is 7.66. The molecule has 0 aromatic heterocycles. The second-order valence-electron chi connectivity index (χ2n) is 4.41. The Morgan fingerprint density at radius 3 is 2.80 bits per heavy atom. The molecule has 2 rings (SSSR count). The first-order valence-electron chi connectivity index (χ1n) is 6.18. The molecular formula is C12H16N2O5S. The summed E-state index contributed by atoms with van der Waals surface area (Å²) in [7, 11) is -3.55. The topological polar surface area (TPSA) is 105 Å². The number of carbonyl (C=O) groups is 1. The molecule has 0 saturated heterocycles. The second-order valence-corrected chi connectivity index (χ2v) is 6.12. The van der Waals surface area contributed by atoms with E-state index in [1.165, 1.54) is 18.2 Å². The molecule has 1 aliphatic rings. The average molecular weight is 300 g/mol. The van der Waals surface area contributed by atoms with Crippen LogP contribution in [0.25, 0.3) is 0 Å². The Balaban J connectivity index is 2.05. The van der Waals surface area contributed by atoms with Crippen LogP contribution in [0.1, 0.15) is 12.8 Å². The predicted molar refractivity (Wildman–Crippen MR) is 71.8 cm³/mol. The third-order valence-corrected chi connectivity index (χ3v) is 4.13. The monoisotopic (exact) mass is 300 g/mol. The summed E-state index contributed by atoms with van der Waals surface area (Å²) in [5.74, 6) is 0. The summed E-state index contributed by atoms with van der Waals surface area (Å²) in [6, 6.07) is 5.91. The van der Waals surface area contributed by atoms with Gasteiger partial charge >= 0.3 is 6.09 Å². The molecule has 3 N–H and O–H groups in total. The number of aliphatic hydroxyl groups is 1. The van der Waals surface area contributed by atoms with Gasteiger partial charge in [0.1, 0.15) is 6.61 Å². The second kappa shape index (κ2) is 6.21. The first-order chi connectivity index (χ1) is 9.51. The zero-order chi connectivity index (χ0) is 14.6. The fourth-order valence-corrected chi connectivity index (χ4v) is 2.87. The molecule has 1 aromatic rings. The van der Waals surface area contributed by atoms with Crippen LogP contribution in [0.15, 0.2) is 29.2 Å². The Bertz CT molecular complexity index is 583. The smallest absolute Gasteiger partial charge is 0.411 e. The van der Waals surface area contributed by atoms with Gasteiger partial charge in [-0.1, -0.05) is 6.07 Å². The van der Waals surface area contributed by atoms with Gasteiger partial charge in [-0.25, -0.2) is 17.9 Å². The van der Waals surface area contributed by atoms with E-state index >= 15 is 0 Å². The number of aliphatic hydroxyl groups excluding tert-OH is 1. The van der Waals surface area contributed by atoms with Gasteiger partial charge in [0.25, 0.3) is 0 Å². The highest BCUT2D eigenvalue weighted by Gasteiger charge is 2.28. The molecule has 1 aliphatic carbocycles. The number of sulfonamides is 1. The number of benzene rings is 1. The highest BCUT2D eigenvalue weighted by Crippen LogP contribution is 2.23. The van der Waals surface area contributed by atoms with Gasteiger partial charge in [-0.3, -0.25) is 5.32 Å². The van der Waals surface area contributed by atoms with Crippen LogP contribution in [0.3, 0.4) is 0 Å². The van der Waals surface area contributed by atoms with E-state index in [0.29, 0.717) is 5.69 Å². The van der Waals surface area contributed by atoms with Crippen LogP contribution < -0.4 is 10.0 Å². The van der Waals surface area contributed by atoms with Crippen molar-refractivity contribution in [3.63, 3.8) is 0 Å². The number of ether oxygens (including phenoxy) is 1. The standard InChI is InChI=1S/C12H16N2O5S/c15-6-7-19-12(16)13-10-2-1-3-11(8-10)20(17,18)14-9-4-5-9/h1-3,8-9,14-15H,4-7H2,(H,13,16). The van der Waals surface area contributed by atoms with Crippen LogP contribution in [0, 0.1) is 0 Å². The largest absolute Gasteiger partial charge is 0.447 e. The maximum Gasteiger partial charge on any atom is 0.411 e. The van der Waals surface area contributed by atoms with Gasteiger partial charge in [0, 0.05) is 11.7 Å². The third-order valence-electron chi connectivity index (χ3n) is 2.61. The van der Waals surface area contributed by atoms with Gasteiger partial charge in [-0.05, 0) is 31.0 Å². The molecule has 1 aromatic carbocycles. The van der Waals surface area contributed by atoms with E-state index in [9.17, 15) is 13.2 Å². The number of anilines is 1. The van der Waals surface area contributed by atoms with Crippen molar-refractivity contribution in [2.45, 2.75) is 23.8 Å². The SMILES string of the molecule is O=C(Nc1cccc(S(=O)(=O)NC2CC2)c1)OCCO. The van der Waals surface area contributed by atoms with E-state index in [4.69, 9.17) is 5.11 Å². The number of hydrogen-bond donors (Lipinski definition) is 3. The van der Waals surface area contributed by atoms with Crippen molar-refractivity contribution in [2.75, 3.05) is 18.5 Å². The van der Waals surface area contributed by atoms with Crippen molar-refractivity contribution in [1.29, 1.82) is 0 Å². The van der Waals surface area contributed by atoms with E-state index < -0.39 is 16.1 Å². The number of carbonyl (C=O) groups excluding carboxylic acids is 1. The lowest BCUT2D eigenvalue weighted by Gasteiger charge is -2.09. The lowest BCUT2D eigenvalue weighted by atomic mass is 10.3. The molecule has 1 saturated carbocycles. The molecule has 7 nitrogen and oxygen atoms in total. The van der Waals surface area contributed by atoms with Crippen molar-refractivity contribution in [3.8, 4) is 0 Å². The summed E-state index contributed by atoms with van der Waals surface area (Å²) < 4.78 is 31.2. The van der Waals surface area contributed by atoms with Gasteiger partial charge in [0.05, 0.1) is 11.5 Å². The van der Waals surface area contributed by atoms with E-state index in [1.54, 1.807) is 6.07 Å². The van der Waals surface area contributed by atoms with Crippen LogP contribution in [0.4, 0.5) is 10.5 Å². The minimum atomic E-state index is -3.55. The molecular weight excluding hydrogens is 284 g/mol. The van der Waals surface area contributed by atoms with Crippen molar-refractivity contribution >= 4 is 21.8 Å². The maximum absolute atomic E-state index is 12.0. The summed E-state index contributed by atoms with van der Waals surface area (Å²) >= 11 is 0. The predicted octanol–water partition coefficient (Wildman–Crippen LogP) is 0.668. The normalized spacial score (nSPS) is 14.8. The highest BCUT2D eigenvalue weighted by atomic mass is 32.2. The fraction of sp³-hybridized carbons (Fsp3) is 0.417.